The molecule has 7 nitrogen and oxygen atoms in total. The SMILES string of the molecule is Cc1nc(N2CCCC2)ncc1C(=O)NCCc1c(C)noc1C. The lowest BCUT2D eigenvalue weighted by Crippen LogP contribution is -2.28. The number of hydrogen-bond acceptors (Lipinski definition) is 6. The Morgan fingerprint density at radius 3 is 2.62 bits per heavy atom. The van der Waals surface area contributed by atoms with Gasteiger partial charge in [-0.1, -0.05) is 5.16 Å². The number of anilines is 1. The zero-order valence-corrected chi connectivity index (χ0v) is 14.4. The molecule has 1 aliphatic heterocycles. The molecule has 24 heavy (non-hydrogen) atoms. The predicted molar refractivity (Wildman–Crippen MR) is 90.2 cm³/mol. The second kappa shape index (κ2) is 6.98. The molecule has 0 unspecified atom stereocenters. The molecule has 3 rings (SSSR count). The second-order valence-corrected chi connectivity index (χ2v) is 6.17. The first-order chi connectivity index (χ1) is 11.6. The summed E-state index contributed by atoms with van der Waals surface area (Å²) in [5.74, 6) is 1.38. The fraction of sp³-hybridized carbons (Fsp3) is 0.529. The van der Waals surface area contributed by atoms with E-state index >= 15 is 0 Å². The number of aryl methyl sites for hydroxylation is 3. The highest BCUT2D eigenvalue weighted by Gasteiger charge is 2.18. The normalized spacial score (nSPS) is 14.2. The lowest BCUT2D eigenvalue weighted by Gasteiger charge is -2.16. The van der Waals surface area contributed by atoms with Gasteiger partial charge in [-0.3, -0.25) is 4.79 Å². The Kier molecular flexibility index (Phi) is 4.78. The minimum Gasteiger partial charge on any atom is -0.361 e. The lowest BCUT2D eigenvalue weighted by molar-refractivity contribution is 0.0952. The predicted octanol–water partition coefficient (Wildman–Crippen LogP) is 1.96. The first-order valence-electron chi connectivity index (χ1n) is 8.35. The molecule has 3 heterocycles. The molecule has 0 radical (unpaired) electrons. The molecule has 1 fully saturated rings. The summed E-state index contributed by atoms with van der Waals surface area (Å²) in [4.78, 5) is 23.4. The maximum absolute atomic E-state index is 12.4. The van der Waals surface area contributed by atoms with Gasteiger partial charge in [-0.2, -0.15) is 0 Å². The van der Waals surface area contributed by atoms with Crippen molar-refractivity contribution in [3.05, 3.63) is 34.5 Å². The first kappa shape index (κ1) is 16.4. The van der Waals surface area contributed by atoms with E-state index in [2.05, 4.69) is 25.3 Å². The van der Waals surface area contributed by atoms with E-state index in [1.54, 1.807) is 6.20 Å². The van der Waals surface area contributed by atoms with Crippen molar-refractivity contribution >= 4 is 11.9 Å². The summed E-state index contributed by atoms with van der Waals surface area (Å²) in [5.41, 5.74) is 3.15. The van der Waals surface area contributed by atoms with Crippen LogP contribution >= 0.6 is 0 Å². The van der Waals surface area contributed by atoms with Crippen molar-refractivity contribution in [3.8, 4) is 0 Å². The number of rotatable bonds is 5. The largest absolute Gasteiger partial charge is 0.361 e. The van der Waals surface area contributed by atoms with Gasteiger partial charge < -0.3 is 14.7 Å². The Labute approximate surface area is 141 Å². The van der Waals surface area contributed by atoms with Gasteiger partial charge in [0.25, 0.3) is 5.91 Å². The number of aromatic nitrogens is 3. The molecule has 1 N–H and O–H groups in total. The summed E-state index contributed by atoms with van der Waals surface area (Å²) in [7, 11) is 0. The highest BCUT2D eigenvalue weighted by Crippen LogP contribution is 2.17. The molecule has 0 aromatic carbocycles. The number of carbonyl (C=O) groups excluding carboxylic acids is 1. The molecule has 1 saturated heterocycles. The minimum atomic E-state index is -0.146. The first-order valence-corrected chi connectivity index (χ1v) is 8.35. The number of carbonyl (C=O) groups is 1. The van der Waals surface area contributed by atoms with Crippen LogP contribution in [0.3, 0.4) is 0 Å². The standard InChI is InChI=1S/C17H23N5O2/c1-11-15(10-19-17(20-11)22-8-4-5-9-22)16(23)18-7-6-14-12(2)21-24-13(14)3/h10H,4-9H2,1-3H3,(H,18,23). The van der Waals surface area contributed by atoms with E-state index in [4.69, 9.17) is 4.52 Å². The average Bonchev–Trinajstić information content (AvgIpc) is 3.19. The van der Waals surface area contributed by atoms with Crippen LogP contribution in [0, 0.1) is 20.8 Å². The number of nitrogens with zero attached hydrogens (tertiary/aromatic N) is 4. The molecular weight excluding hydrogens is 306 g/mol. The van der Waals surface area contributed by atoms with E-state index in [0.29, 0.717) is 24.2 Å². The maximum atomic E-state index is 12.4. The molecule has 128 valence electrons. The van der Waals surface area contributed by atoms with Crippen LogP contribution in [0.25, 0.3) is 0 Å². The number of nitrogens with one attached hydrogen (secondary N) is 1. The monoisotopic (exact) mass is 329 g/mol. The summed E-state index contributed by atoms with van der Waals surface area (Å²) in [5, 5.41) is 6.84. The molecule has 0 spiro atoms. The van der Waals surface area contributed by atoms with E-state index in [-0.39, 0.29) is 5.91 Å². The molecule has 0 saturated carbocycles. The molecule has 7 heteroatoms. The fourth-order valence-electron chi connectivity index (χ4n) is 3.00. The van der Waals surface area contributed by atoms with Gasteiger partial charge in [0.15, 0.2) is 0 Å². The quantitative estimate of drug-likeness (QED) is 0.903. The minimum absolute atomic E-state index is 0.146. The van der Waals surface area contributed by atoms with Gasteiger partial charge in [-0.15, -0.1) is 0 Å². The van der Waals surface area contributed by atoms with Crippen LogP contribution in [0.4, 0.5) is 5.95 Å². The second-order valence-electron chi connectivity index (χ2n) is 6.17. The molecule has 2 aromatic rings. The Morgan fingerprint density at radius 1 is 1.25 bits per heavy atom. The molecule has 0 atom stereocenters. The van der Waals surface area contributed by atoms with Gasteiger partial charge >= 0.3 is 0 Å². The van der Waals surface area contributed by atoms with E-state index in [1.165, 1.54) is 12.8 Å². The van der Waals surface area contributed by atoms with Crippen molar-refractivity contribution in [3.63, 3.8) is 0 Å². The maximum Gasteiger partial charge on any atom is 0.254 e. The Hall–Kier alpha value is -2.44. The number of hydrogen-bond donors (Lipinski definition) is 1. The third-order valence-electron chi connectivity index (χ3n) is 4.44. The molecular formula is C17H23N5O2. The van der Waals surface area contributed by atoms with Gasteiger partial charge in [0.05, 0.1) is 17.0 Å². The van der Waals surface area contributed by atoms with Crippen molar-refractivity contribution in [2.45, 2.75) is 40.0 Å². The zero-order valence-electron chi connectivity index (χ0n) is 14.4. The lowest BCUT2D eigenvalue weighted by atomic mass is 10.1. The Bertz CT molecular complexity index is 715. The van der Waals surface area contributed by atoms with Gasteiger partial charge in [-0.25, -0.2) is 9.97 Å². The van der Waals surface area contributed by atoms with Crippen LogP contribution < -0.4 is 10.2 Å². The van der Waals surface area contributed by atoms with E-state index < -0.39 is 0 Å². The topological polar surface area (TPSA) is 84.2 Å². The third-order valence-corrected chi connectivity index (χ3v) is 4.44. The van der Waals surface area contributed by atoms with Gasteiger partial charge in [0.1, 0.15) is 5.76 Å². The van der Waals surface area contributed by atoms with Crippen molar-refractivity contribution in [1.82, 2.24) is 20.4 Å². The molecule has 0 bridgehead atoms. The molecule has 1 amide bonds. The summed E-state index contributed by atoms with van der Waals surface area (Å²) in [6.07, 6.45) is 4.67. The van der Waals surface area contributed by atoms with Crippen LogP contribution in [0.2, 0.25) is 0 Å². The smallest absolute Gasteiger partial charge is 0.254 e. The summed E-state index contributed by atoms with van der Waals surface area (Å²) in [6, 6.07) is 0. The highest BCUT2D eigenvalue weighted by atomic mass is 16.5. The highest BCUT2D eigenvalue weighted by molar-refractivity contribution is 5.95. The van der Waals surface area contributed by atoms with Crippen LogP contribution in [0.1, 0.15) is 45.9 Å². The molecule has 2 aromatic heterocycles. The van der Waals surface area contributed by atoms with Crippen LogP contribution in [0.5, 0.6) is 0 Å². The summed E-state index contributed by atoms with van der Waals surface area (Å²) >= 11 is 0. The number of amides is 1. The van der Waals surface area contributed by atoms with Gasteiger partial charge in [0, 0.05) is 31.4 Å². The van der Waals surface area contributed by atoms with E-state index in [1.807, 2.05) is 20.8 Å². The fourth-order valence-corrected chi connectivity index (χ4v) is 3.00. The zero-order chi connectivity index (χ0) is 17.1. The van der Waals surface area contributed by atoms with Gasteiger partial charge in [-0.05, 0) is 40.0 Å². The van der Waals surface area contributed by atoms with E-state index in [9.17, 15) is 4.79 Å². The summed E-state index contributed by atoms with van der Waals surface area (Å²) in [6.45, 7) is 8.14. The van der Waals surface area contributed by atoms with Crippen LogP contribution in [-0.4, -0.2) is 40.7 Å². The van der Waals surface area contributed by atoms with Crippen LogP contribution in [0.15, 0.2) is 10.7 Å². The van der Waals surface area contributed by atoms with Crippen LogP contribution in [-0.2, 0) is 6.42 Å². The molecule has 1 aliphatic rings. The molecule has 0 aliphatic carbocycles. The van der Waals surface area contributed by atoms with Crippen molar-refractivity contribution < 1.29 is 9.32 Å². The van der Waals surface area contributed by atoms with Crippen molar-refractivity contribution in [1.29, 1.82) is 0 Å². The van der Waals surface area contributed by atoms with E-state index in [0.717, 1.165) is 36.1 Å². The summed E-state index contributed by atoms with van der Waals surface area (Å²) < 4.78 is 5.13. The Balaban J connectivity index is 1.60. The van der Waals surface area contributed by atoms with Gasteiger partial charge in [0.2, 0.25) is 5.95 Å². The van der Waals surface area contributed by atoms with Crippen molar-refractivity contribution in [2.75, 3.05) is 24.5 Å². The Morgan fingerprint density at radius 2 is 2.00 bits per heavy atom. The third kappa shape index (κ3) is 3.39. The van der Waals surface area contributed by atoms with Crippen molar-refractivity contribution in [2.24, 2.45) is 0 Å². The average molecular weight is 329 g/mol.